The molecule has 1 atom stereocenters. The van der Waals surface area contributed by atoms with Crippen molar-refractivity contribution >= 4 is 0 Å². The third-order valence-electron chi connectivity index (χ3n) is 1.29. The van der Waals surface area contributed by atoms with Crippen LogP contribution in [-0.4, -0.2) is 24.1 Å². The number of rotatable bonds is 3. The first kappa shape index (κ1) is 16.6. The average Bonchev–Trinajstić information content (AvgIpc) is 1.84. The second-order valence-corrected chi connectivity index (χ2v) is 2.35. The molecule has 88 valence electrons. The van der Waals surface area contributed by atoms with Crippen LogP contribution in [0.2, 0.25) is 0 Å². The monoisotopic (exact) mass is 405 g/mol. The molecule has 0 aliphatic heterocycles. The molecule has 1 unspecified atom stereocenters. The molecule has 14 heavy (non-hydrogen) atoms. The summed E-state index contributed by atoms with van der Waals surface area (Å²) in [7, 11) is 0. The summed E-state index contributed by atoms with van der Waals surface area (Å²) in [5, 5.41) is 18.9. The molecule has 0 aliphatic rings. The van der Waals surface area contributed by atoms with Crippen molar-refractivity contribution in [2.45, 2.75) is 31.0 Å². The fraction of sp³-hybridized carbons (Fsp3) is 1.00. The molecule has 0 amide bonds. The van der Waals surface area contributed by atoms with E-state index in [0.717, 1.165) is 0 Å². The van der Waals surface area contributed by atoms with Crippen molar-refractivity contribution in [3.63, 3.8) is 0 Å². The minimum Gasteiger partial charge on any atom is -0.834 e. The van der Waals surface area contributed by atoms with E-state index >= 15 is 0 Å². The fourth-order valence-electron chi connectivity index (χ4n) is 0.449. The van der Waals surface area contributed by atoms with Crippen LogP contribution in [0.25, 0.3) is 0 Å². The van der Waals surface area contributed by atoms with Crippen molar-refractivity contribution in [1.29, 1.82) is 0 Å². The molecule has 2 nitrogen and oxygen atoms in total. The molecule has 0 fully saturated rings. The fourth-order valence-corrected chi connectivity index (χ4v) is 0.449. The largest absolute Gasteiger partial charge is 2.00 e. The molecule has 0 aromatic rings. The van der Waals surface area contributed by atoms with Gasteiger partial charge >= 0.3 is 32.9 Å². The maximum absolute atomic E-state index is 12.1. The van der Waals surface area contributed by atoms with Crippen LogP contribution in [0.3, 0.4) is 0 Å². The number of hydrogen-bond donors (Lipinski definition) is 0. The van der Waals surface area contributed by atoms with Gasteiger partial charge in [0, 0.05) is 6.04 Å². The molecule has 0 aromatic carbocycles. The Morgan fingerprint density at radius 1 is 1.00 bits per heavy atom. The predicted molar refractivity (Wildman–Crippen MR) is 24.3 cm³/mol. The Morgan fingerprint density at radius 3 is 1.36 bits per heavy atom. The molecule has 0 radical (unpaired) electrons. The van der Waals surface area contributed by atoms with E-state index < -0.39 is 24.1 Å². The van der Waals surface area contributed by atoms with Crippen molar-refractivity contribution in [2.75, 3.05) is 0 Å². The average molecular weight is 405 g/mol. The van der Waals surface area contributed by atoms with E-state index in [2.05, 4.69) is 0 Å². The third-order valence-corrected chi connectivity index (χ3v) is 1.29. The standard InChI is InChI=1S/C5H4F6O2.Pt/c1-2(6)3(7,8)4(9,10)5(11,12)13;/h2H,1H3;/q-2;+2. The van der Waals surface area contributed by atoms with Gasteiger partial charge in [-0.1, -0.05) is 0 Å². The Balaban J connectivity index is 0. The Morgan fingerprint density at radius 2 is 1.29 bits per heavy atom. The van der Waals surface area contributed by atoms with Gasteiger partial charge in [-0.05, 0) is 6.92 Å². The zero-order valence-electron chi connectivity index (χ0n) is 6.48. The van der Waals surface area contributed by atoms with Crippen molar-refractivity contribution in [3.8, 4) is 0 Å². The van der Waals surface area contributed by atoms with E-state index in [1.807, 2.05) is 0 Å². The molecular weight excluding hydrogens is 401 g/mol. The van der Waals surface area contributed by atoms with Gasteiger partial charge in [-0.25, -0.2) is 4.39 Å². The van der Waals surface area contributed by atoms with Crippen LogP contribution in [0, 0.1) is 0 Å². The molecule has 0 N–H and O–H groups in total. The van der Waals surface area contributed by atoms with E-state index in [1.54, 1.807) is 0 Å². The quantitative estimate of drug-likeness (QED) is 0.489. The summed E-state index contributed by atoms with van der Waals surface area (Å²) in [5.41, 5.74) is 0. The van der Waals surface area contributed by atoms with Crippen LogP contribution in [0.15, 0.2) is 0 Å². The topological polar surface area (TPSA) is 46.1 Å². The van der Waals surface area contributed by atoms with Gasteiger partial charge in [-0.3, -0.25) is 4.39 Å². The SMILES string of the molecule is CC(F)C(F)(F)C(F)(F)C([O-])([O-])F.[Pt+2]. The van der Waals surface area contributed by atoms with Crippen LogP contribution in [0.1, 0.15) is 6.92 Å². The predicted octanol–water partition coefficient (Wildman–Crippen LogP) is -0.0436. The van der Waals surface area contributed by atoms with Gasteiger partial charge in [0.1, 0.15) is 0 Å². The van der Waals surface area contributed by atoms with E-state index in [9.17, 15) is 36.6 Å². The molecular formula is C5H4F6O2Pt. The molecule has 0 bridgehead atoms. The van der Waals surface area contributed by atoms with Gasteiger partial charge in [0.2, 0.25) is 0 Å². The first-order valence-corrected chi connectivity index (χ1v) is 2.94. The minimum absolute atomic E-state index is 0. The van der Waals surface area contributed by atoms with Gasteiger partial charge in [0.15, 0.2) is 6.17 Å². The van der Waals surface area contributed by atoms with Crippen molar-refractivity contribution in [3.05, 3.63) is 0 Å². The minimum atomic E-state index is -6.13. The first-order valence-electron chi connectivity index (χ1n) is 2.94. The van der Waals surface area contributed by atoms with E-state index in [1.165, 1.54) is 0 Å². The normalized spacial score (nSPS) is 16.1. The van der Waals surface area contributed by atoms with Gasteiger partial charge in [0.25, 0.3) is 0 Å². The summed E-state index contributed by atoms with van der Waals surface area (Å²) in [6.45, 7) is -0.0142. The molecule has 0 saturated carbocycles. The Labute approximate surface area is 89.2 Å². The maximum atomic E-state index is 12.1. The van der Waals surface area contributed by atoms with Crippen molar-refractivity contribution in [2.24, 2.45) is 0 Å². The number of halogens is 6. The maximum Gasteiger partial charge on any atom is 2.00 e. The Bertz CT molecular complexity index is 189. The van der Waals surface area contributed by atoms with Gasteiger partial charge in [-0.15, -0.1) is 0 Å². The molecule has 0 aliphatic carbocycles. The van der Waals surface area contributed by atoms with Gasteiger partial charge < -0.3 is 10.2 Å². The van der Waals surface area contributed by atoms with E-state index in [-0.39, 0.29) is 28.0 Å². The summed E-state index contributed by atoms with van der Waals surface area (Å²) >= 11 is 0. The van der Waals surface area contributed by atoms with Crippen LogP contribution >= 0.6 is 0 Å². The third kappa shape index (κ3) is 2.61. The molecule has 0 heterocycles. The molecule has 0 spiro atoms. The second-order valence-electron chi connectivity index (χ2n) is 2.35. The zero-order valence-corrected chi connectivity index (χ0v) is 8.75. The van der Waals surface area contributed by atoms with E-state index in [0.29, 0.717) is 0 Å². The molecule has 0 rings (SSSR count). The number of alkyl halides is 6. The van der Waals surface area contributed by atoms with Crippen LogP contribution < -0.4 is 10.2 Å². The Hall–Kier alpha value is 0.188. The summed E-state index contributed by atoms with van der Waals surface area (Å²) in [6.07, 6.45) is -3.50. The summed E-state index contributed by atoms with van der Waals surface area (Å²) in [5.74, 6) is -11.8. The van der Waals surface area contributed by atoms with Crippen LogP contribution in [0.5, 0.6) is 0 Å². The summed E-state index contributed by atoms with van der Waals surface area (Å²) in [6, 6.07) is -5.96. The zero-order chi connectivity index (χ0) is 11.1. The molecule has 0 saturated heterocycles. The molecule has 0 aromatic heterocycles. The van der Waals surface area contributed by atoms with Crippen LogP contribution in [-0.2, 0) is 21.1 Å². The summed E-state index contributed by atoms with van der Waals surface area (Å²) in [4.78, 5) is 0. The second kappa shape index (κ2) is 4.36. The van der Waals surface area contributed by atoms with Crippen molar-refractivity contribution < 1.29 is 57.6 Å². The smallest absolute Gasteiger partial charge is 0.834 e. The first-order chi connectivity index (χ1) is 5.44. The number of hydrogen-bond acceptors (Lipinski definition) is 2. The van der Waals surface area contributed by atoms with Gasteiger partial charge in [0.05, 0.1) is 0 Å². The van der Waals surface area contributed by atoms with Gasteiger partial charge in [-0.2, -0.15) is 17.6 Å². The van der Waals surface area contributed by atoms with Crippen LogP contribution in [0.4, 0.5) is 26.3 Å². The van der Waals surface area contributed by atoms with E-state index in [4.69, 9.17) is 0 Å². The summed E-state index contributed by atoms with van der Waals surface area (Å²) < 4.78 is 71.4. The molecule has 9 heteroatoms. The van der Waals surface area contributed by atoms with Crippen molar-refractivity contribution in [1.82, 2.24) is 0 Å². The Kier molecular flexibility index (Phi) is 5.18.